The maximum Gasteiger partial charge on any atom is 0.242 e. The lowest BCUT2D eigenvalue weighted by Gasteiger charge is -2.23. The lowest BCUT2D eigenvalue weighted by atomic mass is 9.95. The van der Waals surface area contributed by atoms with E-state index in [1.54, 1.807) is 27.7 Å². The molecule has 0 saturated heterocycles. The molecule has 5 nitrogen and oxygen atoms in total. The van der Waals surface area contributed by atoms with Crippen LogP contribution in [-0.2, 0) is 9.59 Å². The van der Waals surface area contributed by atoms with E-state index in [1.807, 2.05) is 30.3 Å². The Morgan fingerprint density at radius 3 is 2.19 bits per heavy atom. The summed E-state index contributed by atoms with van der Waals surface area (Å²) in [4.78, 5) is 24.0. The highest BCUT2D eigenvalue weighted by Crippen LogP contribution is 2.14. The van der Waals surface area contributed by atoms with Gasteiger partial charge in [0.05, 0.1) is 12.6 Å². The third kappa shape index (κ3) is 5.19. The monoisotopic (exact) mass is 292 g/mol. The van der Waals surface area contributed by atoms with E-state index < -0.39 is 17.5 Å². The predicted molar refractivity (Wildman–Crippen MR) is 81.5 cm³/mol. The van der Waals surface area contributed by atoms with Crippen LogP contribution >= 0.6 is 0 Å². The van der Waals surface area contributed by atoms with Crippen molar-refractivity contribution in [3.63, 3.8) is 0 Å². The van der Waals surface area contributed by atoms with E-state index in [2.05, 4.69) is 10.6 Å². The lowest BCUT2D eigenvalue weighted by molar-refractivity contribution is -0.133. The summed E-state index contributed by atoms with van der Waals surface area (Å²) < 4.78 is 0. The fraction of sp³-hybridized carbons (Fsp3) is 0.500. The summed E-state index contributed by atoms with van der Waals surface area (Å²) in [5, 5.41) is 14.8. The molecule has 5 heteroatoms. The van der Waals surface area contributed by atoms with Crippen LogP contribution in [0.1, 0.15) is 39.3 Å². The van der Waals surface area contributed by atoms with Gasteiger partial charge in [0.25, 0.3) is 0 Å². The summed E-state index contributed by atoms with van der Waals surface area (Å²) >= 11 is 0. The predicted octanol–water partition coefficient (Wildman–Crippen LogP) is 1.39. The lowest BCUT2D eigenvalue weighted by Crippen LogP contribution is -2.49. The van der Waals surface area contributed by atoms with Crippen molar-refractivity contribution in [3.05, 3.63) is 35.9 Å². The van der Waals surface area contributed by atoms with E-state index >= 15 is 0 Å². The molecule has 0 fully saturated rings. The minimum absolute atomic E-state index is 0.189. The van der Waals surface area contributed by atoms with E-state index in [0.29, 0.717) is 0 Å². The second-order valence-corrected chi connectivity index (χ2v) is 6.10. The molecule has 0 radical (unpaired) electrons. The van der Waals surface area contributed by atoms with Crippen molar-refractivity contribution in [2.24, 2.45) is 5.41 Å². The third-order valence-electron chi connectivity index (χ3n) is 3.12. The van der Waals surface area contributed by atoms with Crippen LogP contribution in [0, 0.1) is 5.41 Å². The smallest absolute Gasteiger partial charge is 0.242 e. The molecule has 2 atom stereocenters. The summed E-state index contributed by atoms with van der Waals surface area (Å²) in [6.45, 7) is 6.78. The van der Waals surface area contributed by atoms with Crippen LogP contribution in [0.15, 0.2) is 30.3 Å². The fourth-order valence-electron chi connectivity index (χ4n) is 1.70. The van der Waals surface area contributed by atoms with Crippen molar-refractivity contribution in [1.82, 2.24) is 10.6 Å². The van der Waals surface area contributed by atoms with Crippen LogP contribution in [0.5, 0.6) is 0 Å². The summed E-state index contributed by atoms with van der Waals surface area (Å²) in [6, 6.07) is 8.08. The molecule has 0 aliphatic heterocycles. The number of nitrogens with one attached hydrogen (secondary N) is 2. The number of hydrogen-bond donors (Lipinski definition) is 3. The number of carbonyl (C=O) groups is 2. The summed E-state index contributed by atoms with van der Waals surface area (Å²) in [5.41, 5.74) is 0.271. The Bertz CT molecular complexity index is 480. The van der Waals surface area contributed by atoms with Gasteiger partial charge in [-0.25, -0.2) is 0 Å². The standard InChI is InChI=1S/C16H24N2O3/c1-11(17-15(21)16(2,3)4)14(20)18-13(10-19)12-8-6-5-7-9-12/h5-9,11,13,19H,10H2,1-4H3,(H,17,21)(H,18,20)/t11?,13-/m0/s1. The number of amides is 2. The van der Waals surface area contributed by atoms with Crippen LogP contribution in [0.2, 0.25) is 0 Å². The minimum atomic E-state index is -0.658. The first-order valence-corrected chi connectivity index (χ1v) is 7.03. The molecule has 3 N–H and O–H groups in total. The normalized spacial score (nSPS) is 14.1. The maximum absolute atomic E-state index is 12.1. The van der Waals surface area contributed by atoms with Crippen molar-refractivity contribution in [3.8, 4) is 0 Å². The average Bonchev–Trinajstić information content (AvgIpc) is 2.44. The zero-order valence-electron chi connectivity index (χ0n) is 13.0. The van der Waals surface area contributed by atoms with Crippen molar-refractivity contribution in [2.75, 3.05) is 6.61 Å². The molecule has 0 aliphatic rings. The van der Waals surface area contributed by atoms with Gasteiger partial charge in [-0.3, -0.25) is 9.59 Å². The summed E-state index contributed by atoms with van der Waals surface area (Å²) in [7, 11) is 0. The van der Waals surface area contributed by atoms with Crippen LogP contribution < -0.4 is 10.6 Å². The quantitative estimate of drug-likeness (QED) is 0.767. The van der Waals surface area contributed by atoms with Gasteiger partial charge < -0.3 is 15.7 Å². The van der Waals surface area contributed by atoms with E-state index in [0.717, 1.165) is 5.56 Å². The number of aliphatic hydroxyl groups is 1. The van der Waals surface area contributed by atoms with Gasteiger partial charge in [0, 0.05) is 5.41 Å². The van der Waals surface area contributed by atoms with Gasteiger partial charge in [-0.1, -0.05) is 51.1 Å². The van der Waals surface area contributed by atoms with Gasteiger partial charge in [-0.2, -0.15) is 0 Å². The SMILES string of the molecule is CC(NC(=O)C(C)(C)C)C(=O)N[C@@H](CO)c1ccccc1. The first-order valence-electron chi connectivity index (χ1n) is 7.03. The zero-order valence-corrected chi connectivity index (χ0v) is 13.0. The zero-order chi connectivity index (χ0) is 16.0. The highest BCUT2D eigenvalue weighted by Gasteiger charge is 2.26. The topological polar surface area (TPSA) is 78.4 Å². The molecule has 1 aromatic rings. The number of aliphatic hydroxyl groups excluding tert-OH is 1. The molecule has 0 heterocycles. The Balaban J connectivity index is 2.65. The van der Waals surface area contributed by atoms with Gasteiger partial charge in [0.2, 0.25) is 11.8 Å². The van der Waals surface area contributed by atoms with Crippen LogP contribution in [0.3, 0.4) is 0 Å². The number of carbonyl (C=O) groups excluding carboxylic acids is 2. The van der Waals surface area contributed by atoms with Crippen LogP contribution in [0.25, 0.3) is 0 Å². The number of benzene rings is 1. The van der Waals surface area contributed by atoms with Crippen molar-refractivity contribution in [1.29, 1.82) is 0 Å². The molecule has 116 valence electrons. The second kappa shape index (κ2) is 7.22. The molecule has 0 bridgehead atoms. The van der Waals surface area contributed by atoms with Crippen molar-refractivity contribution >= 4 is 11.8 Å². The molecule has 2 amide bonds. The first kappa shape index (κ1) is 17.2. The third-order valence-corrected chi connectivity index (χ3v) is 3.12. The van der Waals surface area contributed by atoms with E-state index in [4.69, 9.17) is 0 Å². The summed E-state index contributed by atoms with van der Waals surface area (Å²) in [5.74, 6) is -0.513. The molecule has 1 aromatic carbocycles. The van der Waals surface area contributed by atoms with Crippen molar-refractivity contribution < 1.29 is 14.7 Å². The average molecular weight is 292 g/mol. The molecule has 0 aromatic heterocycles. The van der Waals surface area contributed by atoms with E-state index in [-0.39, 0.29) is 18.4 Å². The second-order valence-electron chi connectivity index (χ2n) is 6.10. The molecule has 0 spiro atoms. The van der Waals surface area contributed by atoms with Crippen LogP contribution in [-0.4, -0.2) is 29.6 Å². The molecule has 1 unspecified atom stereocenters. The Hall–Kier alpha value is -1.88. The Morgan fingerprint density at radius 2 is 1.71 bits per heavy atom. The first-order chi connectivity index (χ1) is 9.75. The maximum atomic E-state index is 12.1. The van der Waals surface area contributed by atoms with Crippen molar-refractivity contribution in [2.45, 2.75) is 39.8 Å². The highest BCUT2D eigenvalue weighted by atomic mass is 16.3. The molecule has 0 saturated carbocycles. The van der Waals surface area contributed by atoms with Gasteiger partial charge in [0.1, 0.15) is 6.04 Å². The van der Waals surface area contributed by atoms with Gasteiger partial charge in [-0.15, -0.1) is 0 Å². The Morgan fingerprint density at radius 1 is 1.14 bits per heavy atom. The summed E-state index contributed by atoms with van der Waals surface area (Å²) in [6.07, 6.45) is 0. The Kier molecular flexibility index (Phi) is 5.90. The number of hydrogen-bond acceptors (Lipinski definition) is 3. The van der Waals surface area contributed by atoms with Gasteiger partial charge in [-0.05, 0) is 12.5 Å². The van der Waals surface area contributed by atoms with Crippen LogP contribution in [0.4, 0.5) is 0 Å². The molecule has 0 aliphatic carbocycles. The molecular weight excluding hydrogens is 268 g/mol. The van der Waals surface area contributed by atoms with E-state index in [1.165, 1.54) is 0 Å². The number of rotatable bonds is 5. The largest absolute Gasteiger partial charge is 0.394 e. The molecule has 21 heavy (non-hydrogen) atoms. The minimum Gasteiger partial charge on any atom is -0.394 e. The molecule has 1 rings (SSSR count). The molecular formula is C16H24N2O3. The fourth-order valence-corrected chi connectivity index (χ4v) is 1.70. The Labute approximate surface area is 125 Å². The van der Waals surface area contributed by atoms with E-state index in [9.17, 15) is 14.7 Å². The van der Waals surface area contributed by atoms with Gasteiger partial charge in [0.15, 0.2) is 0 Å². The highest BCUT2D eigenvalue weighted by molar-refractivity contribution is 5.89. The van der Waals surface area contributed by atoms with Gasteiger partial charge >= 0.3 is 0 Å².